The molecule has 0 aliphatic rings. The Kier molecular flexibility index (Phi) is 5.46. The van der Waals surface area contributed by atoms with Crippen LogP contribution in [0.1, 0.15) is 19.2 Å². The summed E-state index contributed by atoms with van der Waals surface area (Å²) < 4.78 is 5.25. The van der Waals surface area contributed by atoms with Crippen LogP contribution in [0.3, 0.4) is 0 Å². The minimum absolute atomic E-state index is 0.0277. The van der Waals surface area contributed by atoms with Crippen molar-refractivity contribution in [2.24, 2.45) is 0 Å². The van der Waals surface area contributed by atoms with Crippen LogP contribution in [0.4, 0.5) is 5.69 Å². The van der Waals surface area contributed by atoms with E-state index >= 15 is 0 Å². The molecule has 0 saturated carbocycles. The summed E-state index contributed by atoms with van der Waals surface area (Å²) in [4.78, 5) is 18.6. The van der Waals surface area contributed by atoms with Gasteiger partial charge in [0.2, 0.25) is 17.6 Å². The molecule has 0 fully saturated rings. The number of halogens is 1. The third-order valence-electron chi connectivity index (χ3n) is 3.81. The van der Waals surface area contributed by atoms with Gasteiger partial charge in [-0.1, -0.05) is 35.0 Å². The Balaban J connectivity index is 1.63. The number of para-hydroxylation sites is 1. The standard InChI is InChI=1S/C19H18ClN3O2/c1-2-23(16-6-4-3-5-7-16)18(24)13-12-17-21-19(22-25-17)14-8-10-15(20)11-9-14/h3-11H,2,12-13H2,1H3. The Bertz CT molecular complexity index is 831. The summed E-state index contributed by atoms with van der Waals surface area (Å²) >= 11 is 5.88. The molecule has 3 aromatic rings. The summed E-state index contributed by atoms with van der Waals surface area (Å²) in [7, 11) is 0. The maximum Gasteiger partial charge on any atom is 0.227 e. The van der Waals surface area contributed by atoms with Gasteiger partial charge >= 0.3 is 0 Å². The van der Waals surface area contributed by atoms with Gasteiger partial charge in [-0.05, 0) is 43.3 Å². The van der Waals surface area contributed by atoms with Gasteiger partial charge in [-0.25, -0.2) is 0 Å². The number of hydrogen-bond acceptors (Lipinski definition) is 4. The van der Waals surface area contributed by atoms with Gasteiger partial charge in [0.05, 0.1) is 0 Å². The summed E-state index contributed by atoms with van der Waals surface area (Å²) in [5.74, 6) is 0.969. The van der Waals surface area contributed by atoms with Crippen LogP contribution in [-0.2, 0) is 11.2 Å². The molecule has 0 spiro atoms. The van der Waals surface area contributed by atoms with E-state index in [1.807, 2.05) is 49.4 Å². The predicted octanol–water partition coefficient (Wildman–Crippen LogP) is 4.38. The smallest absolute Gasteiger partial charge is 0.227 e. The van der Waals surface area contributed by atoms with Crippen LogP contribution in [0, 0.1) is 0 Å². The van der Waals surface area contributed by atoms with E-state index in [2.05, 4.69) is 10.1 Å². The third-order valence-corrected chi connectivity index (χ3v) is 4.06. The number of hydrogen-bond donors (Lipinski definition) is 0. The molecule has 0 aliphatic heterocycles. The number of aromatic nitrogens is 2. The number of carbonyl (C=O) groups is 1. The minimum atomic E-state index is 0.0277. The van der Waals surface area contributed by atoms with Gasteiger partial charge in [0.15, 0.2) is 0 Å². The van der Waals surface area contributed by atoms with Crippen LogP contribution in [0.15, 0.2) is 59.1 Å². The average molecular weight is 356 g/mol. The molecule has 2 aromatic carbocycles. The number of carbonyl (C=O) groups excluding carboxylic acids is 1. The lowest BCUT2D eigenvalue weighted by Crippen LogP contribution is -2.30. The fourth-order valence-corrected chi connectivity index (χ4v) is 2.66. The second-order valence-electron chi connectivity index (χ2n) is 5.49. The van der Waals surface area contributed by atoms with Gasteiger partial charge in [-0.3, -0.25) is 4.79 Å². The molecule has 0 aliphatic carbocycles. The normalized spacial score (nSPS) is 10.6. The van der Waals surface area contributed by atoms with E-state index in [1.165, 1.54) is 0 Å². The molecule has 0 unspecified atom stereocenters. The topological polar surface area (TPSA) is 59.2 Å². The van der Waals surface area contributed by atoms with E-state index in [0.29, 0.717) is 36.1 Å². The van der Waals surface area contributed by atoms with Gasteiger partial charge in [0, 0.05) is 35.7 Å². The summed E-state index contributed by atoms with van der Waals surface area (Å²) in [5, 5.41) is 4.61. The Morgan fingerprint density at radius 2 is 1.84 bits per heavy atom. The average Bonchev–Trinajstić information content (AvgIpc) is 3.11. The first-order valence-electron chi connectivity index (χ1n) is 8.11. The van der Waals surface area contributed by atoms with Crippen molar-refractivity contribution in [1.82, 2.24) is 10.1 Å². The fourth-order valence-electron chi connectivity index (χ4n) is 2.53. The van der Waals surface area contributed by atoms with Crippen molar-refractivity contribution in [3.8, 4) is 11.4 Å². The lowest BCUT2D eigenvalue weighted by atomic mass is 10.2. The molecule has 128 valence electrons. The molecule has 0 bridgehead atoms. The summed E-state index contributed by atoms with van der Waals surface area (Å²) in [5.41, 5.74) is 1.72. The van der Waals surface area contributed by atoms with Crippen molar-refractivity contribution in [2.75, 3.05) is 11.4 Å². The zero-order chi connectivity index (χ0) is 17.6. The lowest BCUT2D eigenvalue weighted by Gasteiger charge is -2.20. The predicted molar refractivity (Wildman–Crippen MR) is 97.5 cm³/mol. The highest BCUT2D eigenvalue weighted by Gasteiger charge is 2.16. The minimum Gasteiger partial charge on any atom is -0.339 e. The number of nitrogens with zero attached hydrogens (tertiary/aromatic N) is 3. The molecule has 1 heterocycles. The van der Waals surface area contributed by atoms with Crippen LogP contribution in [0.2, 0.25) is 5.02 Å². The molecule has 1 amide bonds. The van der Waals surface area contributed by atoms with Gasteiger partial charge in [0.25, 0.3) is 0 Å². The first-order chi connectivity index (χ1) is 12.2. The summed E-state index contributed by atoms with van der Waals surface area (Å²) in [6.07, 6.45) is 0.716. The maximum atomic E-state index is 12.5. The molecule has 1 aromatic heterocycles. The molecule has 3 rings (SSSR count). The number of amides is 1. The SMILES string of the molecule is CCN(C(=O)CCc1nc(-c2ccc(Cl)cc2)no1)c1ccccc1. The number of aryl methyl sites for hydroxylation is 1. The Labute approximate surface area is 151 Å². The van der Waals surface area contributed by atoms with E-state index in [0.717, 1.165) is 11.3 Å². The van der Waals surface area contributed by atoms with Gasteiger partial charge < -0.3 is 9.42 Å². The second kappa shape index (κ2) is 7.94. The highest BCUT2D eigenvalue weighted by molar-refractivity contribution is 6.30. The zero-order valence-corrected chi connectivity index (χ0v) is 14.6. The van der Waals surface area contributed by atoms with Crippen LogP contribution >= 0.6 is 11.6 Å². The molecule has 25 heavy (non-hydrogen) atoms. The molecule has 0 saturated heterocycles. The van der Waals surface area contributed by atoms with Crippen LogP contribution < -0.4 is 4.90 Å². The molecule has 5 nitrogen and oxygen atoms in total. The molecular weight excluding hydrogens is 338 g/mol. The van der Waals surface area contributed by atoms with Crippen LogP contribution in [0.5, 0.6) is 0 Å². The first kappa shape index (κ1) is 17.2. The maximum absolute atomic E-state index is 12.5. The number of benzene rings is 2. The molecular formula is C19H18ClN3O2. The monoisotopic (exact) mass is 355 g/mol. The Morgan fingerprint density at radius 3 is 2.52 bits per heavy atom. The molecule has 0 radical (unpaired) electrons. The van der Waals surface area contributed by atoms with Crippen molar-refractivity contribution in [3.63, 3.8) is 0 Å². The highest BCUT2D eigenvalue weighted by atomic mass is 35.5. The largest absolute Gasteiger partial charge is 0.339 e. The number of rotatable bonds is 6. The van der Waals surface area contributed by atoms with Crippen molar-refractivity contribution < 1.29 is 9.32 Å². The van der Waals surface area contributed by atoms with Crippen molar-refractivity contribution >= 4 is 23.2 Å². The Hall–Kier alpha value is -2.66. The van der Waals surface area contributed by atoms with E-state index in [-0.39, 0.29) is 5.91 Å². The fraction of sp³-hybridized carbons (Fsp3) is 0.211. The quantitative estimate of drug-likeness (QED) is 0.658. The lowest BCUT2D eigenvalue weighted by molar-refractivity contribution is -0.118. The van der Waals surface area contributed by atoms with E-state index < -0.39 is 0 Å². The van der Waals surface area contributed by atoms with Crippen LogP contribution in [-0.4, -0.2) is 22.6 Å². The first-order valence-corrected chi connectivity index (χ1v) is 8.49. The van der Waals surface area contributed by atoms with Crippen molar-refractivity contribution in [2.45, 2.75) is 19.8 Å². The molecule has 0 atom stereocenters. The molecule has 6 heteroatoms. The Morgan fingerprint density at radius 1 is 1.12 bits per heavy atom. The third kappa shape index (κ3) is 4.25. The van der Waals surface area contributed by atoms with E-state index in [9.17, 15) is 4.79 Å². The molecule has 0 N–H and O–H groups in total. The zero-order valence-electron chi connectivity index (χ0n) is 13.9. The van der Waals surface area contributed by atoms with Crippen molar-refractivity contribution in [1.29, 1.82) is 0 Å². The summed E-state index contributed by atoms with van der Waals surface area (Å²) in [6.45, 7) is 2.57. The van der Waals surface area contributed by atoms with Crippen LogP contribution in [0.25, 0.3) is 11.4 Å². The highest BCUT2D eigenvalue weighted by Crippen LogP contribution is 2.19. The second-order valence-corrected chi connectivity index (χ2v) is 5.93. The van der Waals surface area contributed by atoms with Gasteiger partial charge in [-0.2, -0.15) is 4.98 Å². The number of anilines is 1. The van der Waals surface area contributed by atoms with Gasteiger partial charge in [0.1, 0.15) is 0 Å². The van der Waals surface area contributed by atoms with E-state index in [1.54, 1.807) is 17.0 Å². The summed E-state index contributed by atoms with van der Waals surface area (Å²) in [6, 6.07) is 16.8. The van der Waals surface area contributed by atoms with E-state index in [4.69, 9.17) is 16.1 Å². The van der Waals surface area contributed by atoms with Crippen molar-refractivity contribution in [3.05, 3.63) is 65.5 Å². The van der Waals surface area contributed by atoms with Gasteiger partial charge in [-0.15, -0.1) is 0 Å².